The van der Waals surface area contributed by atoms with Gasteiger partial charge in [0.05, 0.1) is 6.61 Å². The van der Waals surface area contributed by atoms with Crippen molar-refractivity contribution in [2.45, 2.75) is 45.1 Å². The van der Waals surface area contributed by atoms with Gasteiger partial charge in [-0.1, -0.05) is 0 Å². The molecule has 22 heavy (non-hydrogen) atoms. The molecule has 0 aliphatic carbocycles. The van der Waals surface area contributed by atoms with Crippen molar-refractivity contribution in [3.8, 4) is 0 Å². The van der Waals surface area contributed by atoms with E-state index in [-0.39, 0.29) is 5.91 Å². The molecule has 1 aliphatic rings. The summed E-state index contributed by atoms with van der Waals surface area (Å²) in [6, 6.07) is 2.34. The molecule has 0 aromatic carbocycles. The van der Waals surface area contributed by atoms with Crippen molar-refractivity contribution in [1.82, 2.24) is 14.9 Å². The van der Waals surface area contributed by atoms with Gasteiger partial charge in [-0.15, -0.1) is 0 Å². The molecule has 2 heterocycles. The Labute approximate surface area is 132 Å². The highest BCUT2D eigenvalue weighted by atomic mass is 16.5. The van der Waals surface area contributed by atoms with Crippen molar-refractivity contribution in [2.24, 2.45) is 0 Å². The third-order valence-electron chi connectivity index (χ3n) is 4.10. The van der Waals surface area contributed by atoms with E-state index in [0.717, 1.165) is 50.3 Å². The second-order valence-electron chi connectivity index (χ2n) is 5.71. The number of aryl methyl sites for hydroxylation is 1. The summed E-state index contributed by atoms with van der Waals surface area (Å²) in [4.78, 5) is 22.3. The predicted molar refractivity (Wildman–Crippen MR) is 85.7 cm³/mol. The predicted octanol–water partition coefficient (Wildman–Crippen LogP) is 1.87. The number of likely N-dealkylation sites (tertiary alicyclic amines) is 1. The van der Waals surface area contributed by atoms with Crippen LogP contribution in [0.15, 0.2) is 12.4 Å². The van der Waals surface area contributed by atoms with Crippen LogP contribution in [0.2, 0.25) is 0 Å². The number of anilines is 1. The number of methoxy groups -OCH3 is 1. The van der Waals surface area contributed by atoms with Gasteiger partial charge in [0.1, 0.15) is 12.1 Å². The van der Waals surface area contributed by atoms with Crippen LogP contribution in [0.5, 0.6) is 0 Å². The molecule has 6 nitrogen and oxygen atoms in total. The lowest BCUT2D eigenvalue weighted by molar-refractivity contribution is -0.132. The molecule has 1 amide bonds. The Morgan fingerprint density at radius 3 is 3.09 bits per heavy atom. The molecule has 1 unspecified atom stereocenters. The lowest BCUT2D eigenvalue weighted by atomic mass is 9.97. The van der Waals surface area contributed by atoms with Crippen LogP contribution in [0.4, 0.5) is 5.82 Å². The first-order valence-electron chi connectivity index (χ1n) is 8.01. The second kappa shape index (κ2) is 8.68. The molecular weight excluding hydrogens is 280 g/mol. The van der Waals surface area contributed by atoms with E-state index in [1.165, 1.54) is 6.42 Å². The van der Waals surface area contributed by atoms with E-state index < -0.39 is 0 Å². The minimum Gasteiger partial charge on any atom is -0.383 e. The number of nitrogens with zero attached hydrogens (tertiary/aromatic N) is 3. The van der Waals surface area contributed by atoms with Gasteiger partial charge < -0.3 is 15.0 Å². The lowest BCUT2D eigenvalue weighted by Crippen LogP contribution is -2.42. The molecule has 1 N–H and O–H groups in total. The molecule has 2 rings (SSSR count). The normalized spacial score (nSPS) is 18.3. The number of rotatable bonds is 7. The first-order valence-corrected chi connectivity index (χ1v) is 8.01. The van der Waals surface area contributed by atoms with E-state index in [1.54, 1.807) is 20.4 Å². The van der Waals surface area contributed by atoms with Crippen LogP contribution in [0.3, 0.4) is 0 Å². The molecule has 1 aromatic rings. The fourth-order valence-corrected chi connectivity index (χ4v) is 2.94. The van der Waals surface area contributed by atoms with Crippen LogP contribution in [-0.4, -0.2) is 53.6 Å². The third-order valence-corrected chi connectivity index (χ3v) is 4.10. The number of nitrogens with one attached hydrogen (secondary N) is 1. The van der Waals surface area contributed by atoms with Gasteiger partial charge in [-0.05, 0) is 32.1 Å². The molecular formula is C16H26N4O2. The minimum atomic E-state index is 0.189. The summed E-state index contributed by atoms with van der Waals surface area (Å²) in [7, 11) is 1.68. The Balaban J connectivity index is 1.87. The Kier molecular flexibility index (Phi) is 6.58. The molecule has 1 saturated heterocycles. The van der Waals surface area contributed by atoms with E-state index in [1.807, 2.05) is 11.0 Å². The van der Waals surface area contributed by atoms with Gasteiger partial charge in [-0.3, -0.25) is 4.79 Å². The average Bonchev–Trinajstić information content (AvgIpc) is 2.54. The van der Waals surface area contributed by atoms with E-state index in [9.17, 15) is 4.79 Å². The van der Waals surface area contributed by atoms with Crippen LogP contribution in [0, 0.1) is 0 Å². The number of carbonyl (C=O) groups excluding carboxylic acids is 1. The first-order chi connectivity index (χ1) is 10.7. The Bertz CT molecular complexity index is 481. The van der Waals surface area contributed by atoms with Gasteiger partial charge in [0.15, 0.2) is 0 Å². The van der Waals surface area contributed by atoms with Gasteiger partial charge >= 0.3 is 0 Å². The molecule has 1 atom stereocenters. The molecule has 0 radical (unpaired) electrons. The highest BCUT2D eigenvalue weighted by Crippen LogP contribution is 2.21. The van der Waals surface area contributed by atoms with Crippen molar-refractivity contribution in [3.05, 3.63) is 18.1 Å². The summed E-state index contributed by atoms with van der Waals surface area (Å²) in [5.74, 6) is 1.02. The molecule has 0 bridgehead atoms. The zero-order valence-corrected chi connectivity index (χ0v) is 13.5. The maximum Gasteiger partial charge on any atom is 0.219 e. The van der Waals surface area contributed by atoms with Crippen LogP contribution in [0.25, 0.3) is 0 Å². The number of piperidine rings is 1. The summed E-state index contributed by atoms with van der Waals surface area (Å²) in [5, 5.41) is 3.21. The zero-order valence-electron chi connectivity index (χ0n) is 13.5. The molecule has 1 fully saturated rings. The first kappa shape index (κ1) is 16.7. The van der Waals surface area contributed by atoms with Crippen molar-refractivity contribution < 1.29 is 9.53 Å². The lowest BCUT2D eigenvalue weighted by Gasteiger charge is -2.35. The SMILES string of the molecule is COCCNc1cc(CCC2CCCCN2C(C)=O)ncn1. The van der Waals surface area contributed by atoms with Crippen LogP contribution >= 0.6 is 0 Å². The van der Waals surface area contributed by atoms with Crippen molar-refractivity contribution in [3.63, 3.8) is 0 Å². The monoisotopic (exact) mass is 306 g/mol. The molecule has 6 heteroatoms. The second-order valence-corrected chi connectivity index (χ2v) is 5.71. The fourth-order valence-electron chi connectivity index (χ4n) is 2.94. The third kappa shape index (κ3) is 4.94. The van der Waals surface area contributed by atoms with E-state index in [0.29, 0.717) is 12.6 Å². The Hall–Kier alpha value is -1.69. The summed E-state index contributed by atoms with van der Waals surface area (Å²) in [5.41, 5.74) is 1.02. The van der Waals surface area contributed by atoms with Crippen molar-refractivity contribution >= 4 is 11.7 Å². The largest absolute Gasteiger partial charge is 0.383 e. The van der Waals surface area contributed by atoms with Gasteiger partial charge in [0, 0.05) is 44.9 Å². The van der Waals surface area contributed by atoms with Gasteiger partial charge in [-0.25, -0.2) is 9.97 Å². The highest BCUT2D eigenvalue weighted by molar-refractivity contribution is 5.73. The summed E-state index contributed by atoms with van der Waals surface area (Å²) in [6.45, 7) is 3.94. The van der Waals surface area contributed by atoms with Crippen LogP contribution in [-0.2, 0) is 16.0 Å². The minimum absolute atomic E-state index is 0.189. The summed E-state index contributed by atoms with van der Waals surface area (Å²) < 4.78 is 5.01. The molecule has 1 aromatic heterocycles. The molecule has 122 valence electrons. The number of aromatic nitrogens is 2. The maximum atomic E-state index is 11.7. The van der Waals surface area contributed by atoms with E-state index in [2.05, 4.69) is 15.3 Å². The fraction of sp³-hybridized carbons (Fsp3) is 0.688. The Morgan fingerprint density at radius 2 is 2.32 bits per heavy atom. The quantitative estimate of drug-likeness (QED) is 0.779. The van der Waals surface area contributed by atoms with Crippen molar-refractivity contribution in [1.29, 1.82) is 0 Å². The van der Waals surface area contributed by atoms with Crippen LogP contribution < -0.4 is 5.32 Å². The number of hydrogen-bond acceptors (Lipinski definition) is 5. The highest BCUT2D eigenvalue weighted by Gasteiger charge is 2.24. The number of amides is 1. The van der Waals surface area contributed by atoms with Crippen molar-refractivity contribution in [2.75, 3.05) is 32.1 Å². The maximum absolute atomic E-state index is 11.7. The molecule has 0 spiro atoms. The summed E-state index contributed by atoms with van der Waals surface area (Å²) in [6.07, 6.45) is 6.86. The van der Waals surface area contributed by atoms with Gasteiger partial charge in [0.2, 0.25) is 5.91 Å². The zero-order chi connectivity index (χ0) is 15.8. The van der Waals surface area contributed by atoms with Gasteiger partial charge in [0.25, 0.3) is 0 Å². The summed E-state index contributed by atoms with van der Waals surface area (Å²) >= 11 is 0. The van der Waals surface area contributed by atoms with E-state index in [4.69, 9.17) is 4.74 Å². The number of ether oxygens (including phenoxy) is 1. The average molecular weight is 306 g/mol. The standard InChI is InChI=1S/C16H26N4O2/c1-13(21)20-9-4-3-5-15(20)7-6-14-11-16(19-12-18-14)17-8-10-22-2/h11-12,15H,3-10H2,1-2H3,(H,17,18,19). The number of carbonyl (C=O) groups is 1. The van der Waals surface area contributed by atoms with E-state index >= 15 is 0 Å². The van der Waals surface area contributed by atoms with Gasteiger partial charge in [-0.2, -0.15) is 0 Å². The number of hydrogen-bond donors (Lipinski definition) is 1. The molecule has 1 aliphatic heterocycles. The Morgan fingerprint density at radius 1 is 1.45 bits per heavy atom. The van der Waals surface area contributed by atoms with Crippen LogP contribution in [0.1, 0.15) is 38.3 Å². The topological polar surface area (TPSA) is 67.3 Å². The molecule has 0 saturated carbocycles. The smallest absolute Gasteiger partial charge is 0.219 e.